The molecule has 0 spiro atoms. The fourth-order valence-electron chi connectivity index (χ4n) is 3.13. The summed E-state index contributed by atoms with van der Waals surface area (Å²) in [6.07, 6.45) is 1.77. The molecule has 0 radical (unpaired) electrons. The molecule has 1 aliphatic heterocycles. The van der Waals surface area contributed by atoms with Crippen LogP contribution in [0.3, 0.4) is 0 Å². The van der Waals surface area contributed by atoms with Gasteiger partial charge in [-0.15, -0.1) is 11.3 Å². The minimum atomic E-state index is 0.0797. The first kappa shape index (κ1) is 16.7. The van der Waals surface area contributed by atoms with E-state index in [4.69, 9.17) is 4.98 Å². The Hall–Kier alpha value is -2.72. The van der Waals surface area contributed by atoms with Gasteiger partial charge in [0.15, 0.2) is 0 Å². The zero-order chi connectivity index (χ0) is 17.9. The van der Waals surface area contributed by atoms with Gasteiger partial charge in [-0.1, -0.05) is 72.8 Å². The van der Waals surface area contributed by atoms with Gasteiger partial charge in [-0.25, -0.2) is 4.98 Å². The number of piperidine rings is 1. The summed E-state index contributed by atoms with van der Waals surface area (Å²) in [6.45, 7) is 5.52. The number of rotatable bonds is 3. The van der Waals surface area contributed by atoms with Gasteiger partial charge < -0.3 is 4.90 Å². The fourth-order valence-corrected chi connectivity index (χ4v) is 4.19. The molecule has 3 aromatic rings. The highest BCUT2D eigenvalue weighted by molar-refractivity contribution is 7.17. The number of nitrogens with zero attached hydrogens (tertiary/aromatic N) is 2. The minimum absolute atomic E-state index is 0.0797. The van der Waals surface area contributed by atoms with Crippen LogP contribution in [-0.2, 0) is 0 Å². The maximum Gasteiger partial charge on any atom is 0.266 e. The second-order valence-electron chi connectivity index (χ2n) is 6.47. The summed E-state index contributed by atoms with van der Waals surface area (Å²) in [4.78, 5) is 20.7. The van der Waals surface area contributed by atoms with E-state index in [-0.39, 0.29) is 5.91 Å². The summed E-state index contributed by atoms with van der Waals surface area (Å²) in [7, 11) is 0. The predicted octanol–water partition coefficient (Wildman–Crippen LogP) is 5.27. The van der Waals surface area contributed by atoms with E-state index in [0.29, 0.717) is 0 Å². The Balaban J connectivity index is 1.76. The van der Waals surface area contributed by atoms with Crippen LogP contribution in [0.4, 0.5) is 0 Å². The van der Waals surface area contributed by atoms with E-state index in [9.17, 15) is 4.79 Å². The highest BCUT2D eigenvalue weighted by Crippen LogP contribution is 2.35. The molecular weight excluding hydrogens is 340 g/mol. The van der Waals surface area contributed by atoms with Crippen LogP contribution in [-0.4, -0.2) is 28.9 Å². The summed E-state index contributed by atoms with van der Waals surface area (Å²) in [6, 6.07) is 20.0. The van der Waals surface area contributed by atoms with Crippen molar-refractivity contribution < 1.29 is 4.79 Å². The van der Waals surface area contributed by atoms with Crippen molar-refractivity contribution in [2.75, 3.05) is 13.1 Å². The number of hydrogen-bond donors (Lipinski definition) is 0. The van der Waals surface area contributed by atoms with Gasteiger partial charge >= 0.3 is 0 Å². The van der Waals surface area contributed by atoms with E-state index < -0.39 is 0 Å². The third kappa shape index (κ3) is 3.33. The second-order valence-corrected chi connectivity index (χ2v) is 7.47. The molecule has 2 aromatic carbocycles. The van der Waals surface area contributed by atoms with Crippen LogP contribution in [0.25, 0.3) is 21.8 Å². The molecule has 1 saturated heterocycles. The van der Waals surface area contributed by atoms with Gasteiger partial charge in [0.1, 0.15) is 9.88 Å². The Morgan fingerprint density at radius 2 is 1.50 bits per heavy atom. The minimum Gasteiger partial charge on any atom is -0.337 e. The van der Waals surface area contributed by atoms with E-state index >= 15 is 0 Å². The lowest BCUT2D eigenvalue weighted by atomic mass is 10.1. The second kappa shape index (κ2) is 7.26. The molecule has 1 fully saturated rings. The van der Waals surface area contributed by atoms with E-state index in [0.717, 1.165) is 52.6 Å². The monoisotopic (exact) mass is 360 g/mol. The predicted molar refractivity (Wildman–Crippen MR) is 107 cm³/mol. The van der Waals surface area contributed by atoms with Crippen molar-refractivity contribution in [2.45, 2.75) is 12.8 Å². The van der Waals surface area contributed by atoms with Crippen LogP contribution in [0.2, 0.25) is 0 Å². The Bertz CT molecular complexity index is 921. The molecule has 4 rings (SSSR count). The van der Waals surface area contributed by atoms with Crippen LogP contribution >= 0.6 is 11.3 Å². The maximum atomic E-state index is 13.2. The highest BCUT2D eigenvalue weighted by Gasteiger charge is 2.26. The largest absolute Gasteiger partial charge is 0.337 e. The van der Waals surface area contributed by atoms with Crippen molar-refractivity contribution in [3.8, 4) is 21.8 Å². The number of carbonyl (C=O) groups is 1. The van der Waals surface area contributed by atoms with Crippen molar-refractivity contribution in [1.82, 2.24) is 9.88 Å². The highest BCUT2D eigenvalue weighted by atomic mass is 32.1. The molecule has 0 saturated carbocycles. The fraction of sp³-hybridized carbons (Fsp3) is 0.182. The molecule has 1 aliphatic rings. The number of aromatic nitrogens is 1. The van der Waals surface area contributed by atoms with Crippen LogP contribution < -0.4 is 0 Å². The summed E-state index contributed by atoms with van der Waals surface area (Å²) in [5.74, 6) is 0.0797. The molecule has 130 valence electrons. The van der Waals surface area contributed by atoms with Gasteiger partial charge in [-0.05, 0) is 12.8 Å². The zero-order valence-corrected chi connectivity index (χ0v) is 15.3. The number of hydrogen-bond acceptors (Lipinski definition) is 3. The first-order chi connectivity index (χ1) is 12.7. The SMILES string of the molecule is C=C1CCN(C(=O)c2sc(-c3ccccc3)nc2-c2ccccc2)CC1. The van der Waals surface area contributed by atoms with Crippen molar-refractivity contribution in [3.05, 3.63) is 77.7 Å². The van der Waals surface area contributed by atoms with E-state index in [1.807, 2.05) is 65.6 Å². The smallest absolute Gasteiger partial charge is 0.266 e. The average Bonchev–Trinajstić information content (AvgIpc) is 3.15. The maximum absolute atomic E-state index is 13.2. The molecule has 0 N–H and O–H groups in total. The van der Waals surface area contributed by atoms with Gasteiger partial charge in [-0.2, -0.15) is 0 Å². The van der Waals surface area contributed by atoms with Crippen LogP contribution in [0.15, 0.2) is 72.8 Å². The standard InChI is InChI=1S/C22H20N2OS/c1-16-12-14-24(15-13-16)22(25)20-19(17-8-4-2-5-9-17)23-21(26-20)18-10-6-3-7-11-18/h2-11H,1,12-15H2. The Labute approximate surface area is 157 Å². The number of likely N-dealkylation sites (tertiary alicyclic amines) is 1. The van der Waals surface area contributed by atoms with E-state index in [1.165, 1.54) is 16.9 Å². The van der Waals surface area contributed by atoms with Gasteiger partial charge in [-0.3, -0.25) is 4.79 Å². The molecule has 2 heterocycles. The van der Waals surface area contributed by atoms with Crippen LogP contribution in [0.1, 0.15) is 22.5 Å². The Morgan fingerprint density at radius 1 is 0.923 bits per heavy atom. The molecule has 1 amide bonds. The van der Waals surface area contributed by atoms with Crippen LogP contribution in [0.5, 0.6) is 0 Å². The lowest BCUT2D eigenvalue weighted by Gasteiger charge is -2.27. The first-order valence-corrected chi connectivity index (χ1v) is 9.61. The topological polar surface area (TPSA) is 33.2 Å². The van der Waals surface area contributed by atoms with Crippen molar-refractivity contribution in [3.63, 3.8) is 0 Å². The number of benzene rings is 2. The molecule has 0 atom stereocenters. The summed E-state index contributed by atoms with van der Waals surface area (Å²) in [5.41, 5.74) is 4.03. The molecule has 0 aliphatic carbocycles. The molecule has 0 unspecified atom stereocenters. The lowest BCUT2D eigenvalue weighted by molar-refractivity contribution is 0.0749. The molecular formula is C22H20N2OS. The van der Waals surface area contributed by atoms with Crippen molar-refractivity contribution in [2.24, 2.45) is 0 Å². The van der Waals surface area contributed by atoms with Gasteiger partial charge in [0.05, 0.1) is 5.69 Å². The molecule has 4 heteroatoms. The first-order valence-electron chi connectivity index (χ1n) is 8.80. The summed E-state index contributed by atoms with van der Waals surface area (Å²) < 4.78 is 0. The number of carbonyl (C=O) groups excluding carboxylic acids is 1. The summed E-state index contributed by atoms with van der Waals surface area (Å²) >= 11 is 1.49. The quantitative estimate of drug-likeness (QED) is 0.596. The number of thiazole rings is 1. The van der Waals surface area contributed by atoms with Crippen molar-refractivity contribution >= 4 is 17.2 Å². The third-order valence-electron chi connectivity index (χ3n) is 4.65. The van der Waals surface area contributed by atoms with Gasteiger partial charge in [0.2, 0.25) is 0 Å². The molecule has 26 heavy (non-hydrogen) atoms. The molecule has 3 nitrogen and oxygen atoms in total. The Kier molecular flexibility index (Phi) is 4.67. The van der Waals surface area contributed by atoms with E-state index in [1.54, 1.807) is 0 Å². The van der Waals surface area contributed by atoms with Crippen molar-refractivity contribution in [1.29, 1.82) is 0 Å². The third-order valence-corrected chi connectivity index (χ3v) is 5.74. The number of amides is 1. The van der Waals surface area contributed by atoms with Gasteiger partial charge in [0.25, 0.3) is 5.91 Å². The lowest BCUT2D eigenvalue weighted by Crippen LogP contribution is -2.36. The summed E-state index contributed by atoms with van der Waals surface area (Å²) in [5, 5.41) is 0.884. The zero-order valence-electron chi connectivity index (χ0n) is 14.5. The van der Waals surface area contributed by atoms with E-state index in [2.05, 4.69) is 6.58 Å². The Morgan fingerprint density at radius 3 is 2.12 bits per heavy atom. The van der Waals surface area contributed by atoms with Crippen LogP contribution in [0, 0.1) is 0 Å². The van der Waals surface area contributed by atoms with Gasteiger partial charge in [0, 0.05) is 24.2 Å². The average molecular weight is 360 g/mol. The normalized spacial score (nSPS) is 14.5. The molecule has 0 bridgehead atoms. The molecule has 1 aromatic heterocycles.